The van der Waals surface area contributed by atoms with Gasteiger partial charge in [0, 0.05) is 16.2 Å². The lowest BCUT2D eigenvalue weighted by atomic mass is 10.2. The van der Waals surface area contributed by atoms with Crippen molar-refractivity contribution in [2.24, 2.45) is 0 Å². The van der Waals surface area contributed by atoms with Crippen LogP contribution in [0.5, 0.6) is 0 Å². The highest BCUT2D eigenvalue weighted by molar-refractivity contribution is 9.10. The van der Waals surface area contributed by atoms with E-state index in [4.69, 9.17) is 0 Å². The normalized spacial score (nSPS) is 10.2. The first-order chi connectivity index (χ1) is 6.99. The minimum Gasteiger partial charge on any atom is -0.336 e. The lowest BCUT2D eigenvalue weighted by Crippen LogP contribution is -2.34. The molecule has 1 rings (SSSR count). The molecule has 0 saturated heterocycles. The zero-order valence-electron chi connectivity index (χ0n) is 9.10. The topological polar surface area (TPSA) is 41.1 Å². The second kappa shape index (κ2) is 5.16. The Hall–Kier alpha value is -1.03. The second-order valence-corrected chi connectivity index (χ2v) is 4.57. The van der Waals surface area contributed by atoms with E-state index in [1.807, 2.05) is 39.0 Å². The first-order valence-electron chi connectivity index (χ1n) is 4.82. The zero-order valence-corrected chi connectivity index (χ0v) is 10.7. The van der Waals surface area contributed by atoms with E-state index in [1.165, 1.54) is 0 Å². The maximum Gasteiger partial charge on any atom is 0.319 e. The lowest BCUT2D eigenvalue weighted by molar-refractivity contribution is 0.250. The Kier molecular flexibility index (Phi) is 4.15. The van der Waals surface area contributed by atoms with Crippen molar-refractivity contribution >= 4 is 27.6 Å². The number of halogens is 1. The number of hydrogen-bond donors (Lipinski definition) is 2. The Bertz CT molecular complexity index is 364. The number of anilines is 1. The van der Waals surface area contributed by atoms with Gasteiger partial charge in [0.2, 0.25) is 0 Å². The molecule has 1 aromatic rings. The highest BCUT2D eigenvalue weighted by Gasteiger charge is 2.03. The number of urea groups is 1. The third-order valence-electron chi connectivity index (χ3n) is 1.85. The number of rotatable bonds is 2. The smallest absolute Gasteiger partial charge is 0.319 e. The van der Waals surface area contributed by atoms with E-state index in [9.17, 15) is 4.79 Å². The summed E-state index contributed by atoms with van der Waals surface area (Å²) in [7, 11) is 0. The molecule has 0 heterocycles. The summed E-state index contributed by atoms with van der Waals surface area (Å²) in [5.41, 5.74) is 1.93. The predicted molar refractivity (Wildman–Crippen MR) is 66.2 cm³/mol. The highest BCUT2D eigenvalue weighted by atomic mass is 79.9. The van der Waals surface area contributed by atoms with Crippen LogP contribution in [0.4, 0.5) is 10.5 Å². The van der Waals surface area contributed by atoms with Crippen LogP contribution in [0.25, 0.3) is 0 Å². The molecule has 82 valence electrons. The molecular formula is C11H15BrN2O. The Morgan fingerprint density at radius 1 is 1.40 bits per heavy atom. The van der Waals surface area contributed by atoms with E-state index in [1.54, 1.807) is 0 Å². The molecule has 15 heavy (non-hydrogen) atoms. The number of benzene rings is 1. The molecule has 0 saturated carbocycles. The van der Waals surface area contributed by atoms with Gasteiger partial charge in [0.25, 0.3) is 0 Å². The third kappa shape index (κ3) is 3.91. The summed E-state index contributed by atoms with van der Waals surface area (Å²) >= 11 is 3.42. The highest BCUT2D eigenvalue weighted by Crippen LogP contribution is 2.20. The second-order valence-electron chi connectivity index (χ2n) is 3.72. The van der Waals surface area contributed by atoms with Gasteiger partial charge in [-0.15, -0.1) is 0 Å². The van der Waals surface area contributed by atoms with Gasteiger partial charge in [-0.25, -0.2) is 4.79 Å². The van der Waals surface area contributed by atoms with Gasteiger partial charge in [-0.2, -0.15) is 0 Å². The SMILES string of the molecule is Cc1ccc(NC(=O)NC(C)C)cc1Br. The van der Waals surface area contributed by atoms with E-state index in [0.717, 1.165) is 15.7 Å². The molecular weight excluding hydrogens is 256 g/mol. The molecule has 0 aliphatic heterocycles. The number of carbonyl (C=O) groups is 1. The Morgan fingerprint density at radius 3 is 2.60 bits per heavy atom. The van der Waals surface area contributed by atoms with Crippen LogP contribution in [0.1, 0.15) is 19.4 Å². The fourth-order valence-electron chi connectivity index (χ4n) is 1.10. The van der Waals surface area contributed by atoms with Crippen LogP contribution in [-0.2, 0) is 0 Å². The summed E-state index contributed by atoms with van der Waals surface area (Å²) in [6, 6.07) is 5.67. The molecule has 0 fully saturated rings. The van der Waals surface area contributed by atoms with Gasteiger partial charge < -0.3 is 10.6 Å². The molecule has 0 aliphatic rings. The van der Waals surface area contributed by atoms with E-state index in [0.29, 0.717) is 0 Å². The van der Waals surface area contributed by atoms with Crippen LogP contribution in [0.2, 0.25) is 0 Å². The molecule has 0 aliphatic carbocycles. The monoisotopic (exact) mass is 270 g/mol. The van der Waals surface area contributed by atoms with Gasteiger partial charge in [0.1, 0.15) is 0 Å². The molecule has 0 aromatic heterocycles. The minimum atomic E-state index is -0.180. The van der Waals surface area contributed by atoms with Gasteiger partial charge in [-0.1, -0.05) is 22.0 Å². The van der Waals surface area contributed by atoms with Gasteiger partial charge in [0.05, 0.1) is 0 Å². The number of hydrogen-bond acceptors (Lipinski definition) is 1. The molecule has 2 N–H and O–H groups in total. The molecule has 0 radical (unpaired) electrons. The fourth-order valence-corrected chi connectivity index (χ4v) is 1.48. The molecule has 0 atom stereocenters. The largest absolute Gasteiger partial charge is 0.336 e. The number of amides is 2. The summed E-state index contributed by atoms with van der Waals surface area (Å²) < 4.78 is 0.991. The van der Waals surface area contributed by atoms with Gasteiger partial charge in [-0.05, 0) is 38.5 Å². The van der Waals surface area contributed by atoms with E-state index in [2.05, 4.69) is 26.6 Å². The predicted octanol–water partition coefficient (Wildman–Crippen LogP) is 3.29. The fraction of sp³-hybridized carbons (Fsp3) is 0.364. The van der Waals surface area contributed by atoms with Gasteiger partial charge in [-0.3, -0.25) is 0 Å². The number of nitrogens with one attached hydrogen (secondary N) is 2. The molecule has 0 bridgehead atoms. The summed E-state index contributed by atoms with van der Waals surface area (Å²) in [6.45, 7) is 5.84. The van der Waals surface area contributed by atoms with E-state index in [-0.39, 0.29) is 12.1 Å². The van der Waals surface area contributed by atoms with Crippen molar-refractivity contribution in [2.45, 2.75) is 26.8 Å². The standard InChI is InChI=1S/C11H15BrN2O/c1-7(2)13-11(15)14-9-5-4-8(3)10(12)6-9/h4-7H,1-3H3,(H2,13,14,15). The third-order valence-corrected chi connectivity index (χ3v) is 2.70. The van der Waals surface area contributed by atoms with Gasteiger partial charge >= 0.3 is 6.03 Å². The lowest BCUT2D eigenvalue weighted by Gasteiger charge is -2.10. The maximum absolute atomic E-state index is 11.4. The Labute approximate surface area is 98.4 Å². The summed E-state index contributed by atoms with van der Waals surface area (Å²) in [5, 5.41) is 5.52. The van der Waals surface area contributed by atoms with Crippen molar-refractivity contribution in [3.05, 3.63) is 28.2 Å². The Morgan fingerprint density at radius 2 is 2.07 bits per heavy atom. The average Bonchev–Trinajstić information content (AvgIpc) is 2.10. The minimum absolute atomic E-state index is 0.138. The molecule has 3 nitrogen and oxygen atoms in total. The average molecular weight is 271 g/mol. The van der Waals surface area contributed by atoms with Crippen LogP contribution >= 0.6 is 15.9 Å². The van der Waals surface area contributed by atoms with Crippen molar-refractivity contribution in [2.75, 3.05) is 5.32 Å². The first kappa shape index (κ1) is 12.0. The van der Waals surface area contributed by atoms with Crippen molar-refractivity contribution < 1.29 is 4.79 Å². The van der Waals surface area contributed by atoms with Crippen LogP contribution < -0.4 is 10.6 Å². The molecule has 2 amide bonds. The summed E-state index contributed by atoms with van der Waals surface area (Å²) in [6.07, 6.45) is 0. The summed E-state index contributed by atoms with van der Waals surface area (Å²) in [4.78, 5) is 11.4. The molecule has 0 unspecified atom stereocenters. The molecule has 4 heteroatoms. The number of carbonyl (C=O) groups excluding carboxylic acids is 1. The van der Waals surface area contributed by atoms with Crippen LogP contribution in [0, 0.1) is 6.92 Å². The summed E-state index contributed by atoms with van der Waals surface area (Å²) in [5.74, 6) is 0. The van der Waals surface area contributed by atoms with Crippen LogP contribution in [0.3, 0.4) is 0 Å². The van der Waals surface area contributed by atoms with Crippen molar-refractivity contribution in [3.63, 3.8) is 0 Å². The van der Waals surface area contributed by atoms with E-state index >= 15 is 0 Å². The van der Waals surface area contributed by atoms with Crippen LogP contribution in [0.15, 0.2) is 22.7 Å². The first-order valence-corrected chi connectivity index (χ1v) is 5.62. The zero-order chi connectivity index (χ0) is 11.4. The number of aryl methyl sites for hydroxylation is 1. The molecule has 1 aromatic carbocycles. The molecule has 0 spiro atoms. The Balaban J connectivity index is 2.65. The van der Waals surface area contributed by atoms with Crippen LogP contribution in [-0.4, -0.2) is 12.1 Å². The maximum atomic E-state index is 11.4. The van der Waals surface area contributed by atoms with Gasteiger partial charge in [0.15, 0.2) is 0 Å². The van der Waals surface area contributed by atoms with E-state index < -0.39 is 0 Å². The van der Waals surface area contributed by atoms with Crippen molar-refractivity contribution in [1.29, 1.82) is 0 Å². The van der Waals surface area contributed by atoms with Crippen molar-refractivity contribution in [3.8, 4) is 0 Å². The van der Waals surface area contributed by atoms with Crippen molar-refractivity contribution in [1.82, 2.24) is 5.32 Å². The quantitative estimate of drug-likeness (QED) is 0.851.